The SMILES string of the molecule is C#Cc1ccc(N(C)C[C@@H](C)CC)c(C)c1. The van der Waals surface area contributed by atoms with E-state index < -0.39 is 0 Å². The monoisotopic (exact) mass is 215 g/mol. The molecule has 0 saturated heterocycles. The fourth-order valence-electron chi connectivity index (χ4n) is 1.87. The Kier molecular flexibility index (Phi) is 4.43. The third-order valence-electron chi connectivity index (χ3n) is 3.06. The van der Waals surface area contributed by atoms with E-state index in [2.05, 4.69) is 50.8 Å². The molecule has 86 valence electrons. The predicted octanol–water partition coefficient (Wildman–Crippen LogP) is 3.46. The maximum Gasteiger partial charge on any atom is 0.0394 e. The van der Waals surface area contributed by atoms with Gasteiger partial charge >= 0.3 is 0 Å². The predicted molar refractivity (Wildman–Crippen MR) is 71.8 cm³/mol. The van der Waals surface area contributed by atoms with Gasteiger partial charge in [-0.3, -0.25) is 0 Å². The van der Waals surface area contributed by atoms with Crippen LogP contribution in [-0.2, 0) is 0 Å². The van der Waals surface area contributed by atoms with Crippen molar-refractivity contribution in [2.45, 2.75) is 27.2 Å². The molecule has 1 atom stereocenters. The summed E-state index contributed by atoms with van der Waals surface area (Å²) in [6.45, 7) is 7.71. The first-order valence-corrected chi connectivity index (χ1v) is 5.86. The number of terminal acetylenes is 1. The van der Waals surface area contributed by atoms with Crippen LogP contribution in [0.3, 0.4) is 0 Å². The molecule has 1 nitrogen and oxygen atoms in total. The second-order valence-electron chi connectivity index (χ2n) is 4.54. The van der Waals surface area contributed by atoms with Gasteiger partial charge in [0.2, 0.25) is 0 Å². The fourth-order valence-corrected chi connectivity index (χ4v) is 1.87. The number of aryl methyl sites for hydroxylation is 1. The first kappa shape index (κ1) is 12.6. The molecule has 0 radical (unpaired) electrons. The molecular formula is C15H21N. The van der Waals surface area contributed by atoms with E-state index in [1.165, 1.54) is 17.7 Å². The molecule has 0 amide bonds. The Balaban J connectivity index is 2.84. The lowest BCUT2D eigenvalue weighted by Crippen LogP contribution is -2.24. The van der Waals surface area contributed by atoms with E-state index in [4.69, 9.17) is 6.42 Å². The van der Waals surface area contributed by atoms with E-state index in [9.17, 15) is 0 Å². The zero-order chi connectivity index (χ0) is 12.1. The van der Waals surface area contributed by atoms with Gasteiger partial charge in [-0.15, -0.1) is 6.42 Å². The minimum Gasteiger partial charge on any atom is -0.374 e. The highest BCUT2D eigenvalue weighted by molar-refractivity contribution is 5.56. The van der Waals surface area contributed by atoms with Crippen LogP contribution in [-0.4, -0.2) is 13.6 Å². The van der Waals surface area contributed by atoms with Crippen LogP contribution in [0, 0.1) is 25.2 Å². The summed E-state index contributed by atoms with van der Waals surface area (Å²) in [5.74, 6) is 3.39. The molecule has 0 fully saturated rings. The summed E-state index contributed by atoms with van der Waals surface area (Å²) in [6.07, 6.45) is 6.60. The number of hydrogen-bond donors (Lipinski definition) is 0. The number of nitrogens with zero attached hydrogens (tertiary/aromatic N) is 1. The van der Waals surface area contributed by atoms with E-state index in [0.717, 1.165) is 18.0 Å². The Hall–Kier alpha value is -1.42. The smallest absolute Gasteiger partial charge is 0.0394 e. The summed E-state index contributed by atoms with van der Waals surface area (Å²) < 4.78 is 0. The normalized spacial score (nSPS) is 11.9. The number of anilines is 1. The van der Waals surface area contributed by atoms with Gasteiger partial charge in [-0.1, -0.05) is 26.2 Å². The van der Waals surface area contributed by atoms with Crippen molar-refractivity contribution in [2.24, 2.45) is 5.92 Å². The van der Waals surface area contributed by atoms with Gasteiger partial charge in [0.25, 0.3) is 0 Å². The van der Waals surface area contributed by atoms with E-state index in [-0.39, 0.29) is 0 Å². The molecule has 1 aromatic carbocycles. The van der Waals surface area contributed by atoms with Crippen molar-refractivity contribution < 1.29 is 0 Å². The first-order valence-electron chi connectivity index (χ1n) is 5.86. The number of benzene rings is 1. The molecule has 0 aromatic heterocycles. The minimum absolute atomic E-state index is 0.719. The summed E-state index contributed by atoms with van der Waals surface area (Å²) >= 11 is 0. The van der Waals surface area contributed by atoms with Gasteiger partial charge in [0.05, 0.1) is 0 Å². The Bertz CT molecular complexity index is 387. The average molecular weight is 215 g/mol. The molecule has 0 aliphatic rings. The minimum atomic E-state index is 0.719. The third-order valence-corrected chi connectivity index (χ3v) is 3.06. The molecule has 0 saturated carbocycles. The first-order chi connectivity index (χ1) is 7.58. The van der Waals surface area contributed by atoms with Crippen molar-refractivity contribution in [2.75, 3.05) is 18.5 Å². The number of rotatable bonds is 4. The second kappa shape index (κ2) is 5.61. The Morgan fingerprint density at radius 2 is 2.12 bits per heavy atom. The van der Waals surface area contributed by atoms with Crippen LogP contribution < -0.4 is 4.90 Å². The summed E-state index contributed by atoms with van der Waals surface area (Å²) in [7, 11) is 2.14. The van der Waals surface area contributed by atoms with Gasteiger partial charge in [-0.05, 0) is 36.6 Å². The molecule has 0 aliphatic heterocycles. The van der Waals surface area contributed by atoms with Crippen LogP contribution in [0.15, 0.2) is 18.2 Å². The second-order valence-corrected chi connectivity index (χ2v) is 4.54. The molecular weight excluding hydrogens is 194 g/mol. The molecule has 0 heterocycles. The molecule has 0 bridgehead atoms. The molecule has 16 heavy (non-hydrogen) atoms. The van der Waals surface area contributed by atoms with Crippen molar-refractivity contribution in [3.05, 3.63) is 29.3 Å². The van der Waals surface area contributed by atoms with Gasteiger partial charge in [-0.25, -0.2) is 0 Å². The lowest BCUT2D eigenvalue weighted by molar-refractivity contribution is 0.559. The van der Waals surface area contributed by atoms with Crippen molar-refractivity contribution in [1.29, 1.82) is 0 Å². The van der Waals surface area contributed by atoms with Crippen molar-refractivity contribution >= 4 is 5.69 Å². The standard InChI is InChI=1S/C15H21N/c1-6-12(3)11-16(5)15-9-8-14(7-2)10-13(15)4/h2,8-10,12H,6,11H2,1,3-5H3/t12-/m0/s1. The molecule has 1 heteroatoms. The number of hydrogen-bond acceptors (Lipinski definition) is 1. The highest BCUT2D eigenvalue weighted by Gasteiger charge is 2.08. The molecule has 0 N–H and O–H groups in total. The Morgan fingerprint density at radius 3 is 2.62 bits per heavy atom. The van der Waals surface area contributed by atoms with E-state index in [1.54, 1.807) is 0 Å². The van der Waals surface area contributed by atoms with Gasteiger partial charge in [0, 0.05) is 24.8 Å². The van der Waals surface area contributed by atoms with Gasteiger partial charge in [0.15, 0.2) is 0 Å². The van der Waals surface area contributed by atoms with Crippen molar-refractivity contribution in [1.82, 2.24) is 0 Å². The summed E-state index contributed by atoms with van der Waals surface area (Å²) in [6, 6.07) is 6.20. The van der Waals surface area contributed by atoms with Gasteiger partial charge in [-0.2, -0.15) is 0 Å². The van der Waals surface area contributed by atoms with Crippen molar-refractivity contribution in [3.63, 3.8) is 0 Å². The van der Waals surface area contributed by atoms with Crippen LogP contribution in [0.4, 0.5) is 5.69 Å². The molecule has 0 aliphatic carbocycles. The topological polar surface area (TPSA) is 3.24 Å². The zero-order valence-electron chi connectivity index (χ0n) is 10.7. The van der Waals surface area contributed by atoms with E-state index in [1.807, 2.05) is 6.07 Å². The lowest BCUT2D eigenvalue weighted by Gasteiger charge is -2.24. The molecule has 1 rings (SSSR count). The van der Waals surface area contributed by atoms with Crippen molar-refractivity contribution in [3.8, 4) is 12.3 Å². The van der Waals surface area contributed by atoms with Crippen LogP contribution in [0.1, 0.15) is 31.4 Å². The van der Waals surface area contributed by atoms with Crippen LogP contribution in [0.2, 0.25) is 0 Å². The third kappa shape index (κ3) is 3.03. The van der Waals surface area contributed by atoms with Crippen LogP contribution in [0.25, 0.3) is 0 Å². The Labute approximate surface area is 99.5 Å². The van der Waals surface area contributed by atoms with Gasteiger partial charge in [0.1, 0.15) is 0 Å². The zero-order valence-corrected chi connectivity index (χ0v) is 10.7. The summed E-state index contributed by atoms with van der Waals surface area (Å²) in [4.78, 5) is 2.31. The average Bonchev–Trinajstić information content (AvgIpc) is 2.28. The van der Waals surface area contributed by atoms with Crippen LogP contribution >= 0.6 is 0 Å². The van der Waals surface area contributed by atoms with E-state index >= 15 is 0 Å². The van der Waals surface area contributed by atoms with Crippen LogP contribution in [0.5, 0.6) is 0 Å². The molecule has 0 spiro atoms. The molecule has 0 unspecified atom stereocenters. The highest BCUT2D eigenvalue weighted by Crippen LogP contribution is 2.21. The van der Waals surface area contributed by atoms with E-state index in [0.29, 0.717) is 0 Å². The highest BCUT2D eigenvalue weighted by atomic mass is 15.1. The lowest BCUT2D eigenvalue weighted by atomic mass is 10.1. The summed E-state index contributed by atoms with van der Waals surface area (Å²) in [5, 5.41) is 0. The fraction of sp³-hybridized carbons (Fsp3) is 0.467. The largest absolute Gasteiger partial charge is 0.374 e. The Morgan fingerprint density at radius 1 is 1.44 bits per heavy atom. The maximum atomic E-state index is 5.38. The maximum absolute atomic E-state index is 5.38. The molecule has 1 aromatic rings. The van der Waals surface area contributed by atoms with Gasteiger partial charge < -0.3 is 4.90 Å². The summed E-state index contributed by atoms with van der Waals surface area (Å²) in [5.41, 5.74) is 3.48. The quantitative estimate of drug-likeness (QED) is 0.695.